The predicted octanol–water partition coefficient (Wildman–Crippen LogP) is 4.35. The van der Waals surface area contributed by atoms with Crippen LogP contribution in [0.1, 0.15) is 21.5 Å². The molecular formula is C28H25N3O6. The molecule has 2 N–H and O–H groups in total. The molecular weight excluding hydrogens is 474 g/mol. The number of hydrogen-bond acceptors (Lipinski definition) is 7. The summed E-state index contributed by atoms with van der Waals surface area (Å²) in [7, 11) is 2.76. The van der Waals surface area contributed by atoms with E-state index in [0.29, 0.717) is 28.3 Å². The molecule has 2 amide bonds. The van der Waals surface area contributed by atoms with Gasteiger partial charge in [-0.2, -0.15) is 5.26 Å². The molecule has 3 rings (SSSR count). The van der Waals surface area contributed by atoms with Crippen molar-refractivity contribution in [3.8, 4) is 17.6 Å². The second kappa shape index (κ2) is 12.6. The third kappa shape index (κ3) is 7.44. The highest BCUT2D eigenvalue weighted by Crippen LogP contribution is 2.27. The van der Waals surface area contributed by atoms with Gasteiger partial charge in [0, 0.05) is 23.0 Å². The lowest BCUT2D eigenvalue weighted by atomic mass is 10.1. The minimum absolute atomic E-state index is 0.198. The number of methoxy groups -OCH3 is 2. The molecule has 37 heavy (non-hydrogen) atoms. The molecule has 0 atom stereocenters. The Bertz CT molecular complexity index is 1370. The molecule has 0 saturated carbocycles. The summed E-state index contributed by atoms with van der Waals surface area (Å²) in [6.45, 7) is 1.61. The summed E-state index contributed by atoms with van der Waals surface area (Å²) >= 11 is 0. The van der Waals surface area contributed by atoms with E-state index in [1.165, 1.54) is 44.6 Å². The highest BCUT2D eigenvalue weighted by atomic mass is 16.5. The van der Waals surface area contributed by atoms with Gasteiger partial charge in [-0.3, -0.25) is 9.59 Å². The fourth-order valence-electron chi connectivity index (χ4n) is 3.26. The monoisotopic (exact) mass is 499 g/mol. The van der Waals surface area contributed by atoms with Gasteiger partial charge in [0.15, 0.2) is 6.61 Å². The summed E-state index contributed by atoms with van der Waals surface area (Å²) in [5.74, 6) is -0.819. The second-order valence-electron chi connectivity index (χ2n) is 7.80. The zero-order valence-electron chi connectivity index (χ0n) is 20.5. The van der Waals surface area contributed by atoms with Crippen molar-refractivity contribution in [2.45, 2.75) is 6.92 Å². The smallest absolute Gasteiger partial charge is 0.337 e. The molecule has 0 aliphatic heterocycles. The van der Waals surface area contributed by atoms with E-state index in [-0.39, 0.29) is 23.8 Å². The van der Waals surface area contributed by atoms with Gasteiger partial charge in [0.05, 0.1) is 19.8 Å². The molecule has 0 bridgehead atoms. The Kier molecular flexibility index (Phi) is 9.00. The van der Waals surface area contributed by atoms with Crippen LogP contribution in [0.25, 0.3) is 6.08 Å². The van der Waals surface area contributed by atoms with Gasteiger partial charge in [0.25, 0.3) is 11.8 Å². The van der Waals surface area contributed by atoms with Crippen LogP contribution in [0.2, 0.25) is 0 Å². The maximum atomic E-state index is 12.7. The zero-order chi connectivity index (χ0) is 26.8. The van der Waals surface area contributed by atoms with Gasteiger partial charge in [0.2, 0.25) is 0 Å². The summed E-state index contributed by atoms with van der Waals surface area (Å²) in [6, 6.07) is 20.1. The van der Waals surface area contributed by atoms with Crippen LogP contribution in [0.4, 0.5) is 11.4 Å². The van der Waals surface area contributed by atoms with E-state index in [1.807, 2.05) is 31.2 Å². The van der Waals surface area contributed by atoms with Gasteiger partial charge < -0.3 is 24.8 Å². The number of carbonyl (C=O) groups excluding carboxylic acids is 3. The van der Waals surface area contributed by atoms with E-state index in [2.05, 4.69) is 15.4 Å². The van der Waals surface area contributed by atoms with E-state index in [0.717, 1.165) is 5.56 Å². The average Bonchev–Trinajstić information content (AvgIpc) is 2.90. The van der Waals surface area contributed by atoms with E-state index in [9.17, 15) is 19.6 Å². The first-order valence-electron chi connectivity index (χ1n) is 11.1. The van der Waals surface area contributed by atoms with Crippen LogP contribution in [0.5, 0.6) is 11.5 Å². The highest BCUT2D eigenvalue weighted by molar-refractivity contribution is 6.10. The van der Waals surface area contributed by atoms with Crippen LogP contribution < -0.4 is 20.1 Å². The summed E-state index contributed by atoms with van der Waals surface area (Å²) in [6.07, 6.45) is 1.35. The number of carbonyl (C=O) groups is 3. The van der Waals surface area contributed by atoms with E-state index in [4.69, 9.17) is 9.47 Å². The predicted molar refractivity (Wildman–Crippen MR) is 138 cm³/mol. The minimum atomic E-state index is -0.660. The summed E-state index contributed by atoms with van der Waals surface area (Å²) in [4.78, 5) is 36.7. The molecule has 0 aliphatic rings. The number of rotatable bonds is 9. The van der Waals surface area contributed by atoms with Crippen molar-refractivity contribution in [2.24, 2.45) is 0 Å². The van der Waals surface area contributed by atoms with Gasteiger partial charge in [-0.25, -0.2) is 4.79 Å². The third-order valence-electron chi connectivity index (χ3n) is 5.11. The first-order chi connectivity index (χ1) is 17.8. The van der Waals surface area contributed by atoms with E-state index < -0.39 is 11.9 Å². The number of esters is 1. The van der Waals surface area contributed by atoms with Gasteiger partial charge >= 0.3 is 5.97 Å². The number of amides is 2. The van der Waals surface area contributed by atoms with Crippen molar-refractivity contribution in [1.82, 2.24) is 0 Å². The number of hydrogen-bond donors (Lipinski definition) is 2. The SMILES string of the molecule is COC(=O)c1ccc(NC(=O)/C(C#N)=C/c2ccc(OC)cc2OCC(=O)Nc2cccc(C)c2)cc1. The van der Waals surface area contributed by atoms with Crippen molar-refractivity contribution in [2.75, 3.05) is 31.5 Å². The molecule has 3 aromatic carbocycles. The minimum Gasteiger partial charge on any atom is -0.497 e. The number of anilines is 2. The summed E-state index contributed by atoms with van der Waals surface area (Å²) in [5, 5.41) is 15.0. The molecule has 0 fully saturated rings. The molecule has 0 radical (unpaired) electrons. The van der Waals surface area contributed by atoms with Crippen LogP contribution in [0.15, 0.2) is 72.3 Å². The Hall–Kier alpha value is -5.10. The molecule has 0 unspecified atom stereocenters. The largest absolute Gasteiger partial charge is 0.497 e. The van der Waals surface area contributed by atoms with Crippen molar-refractivity contribution in [3.63, 3.8) is 0 Å². The Balaban J connectivity index is 1.75. The molecule has 0 spiro atoms. The Labute approximate surface area is 214 Å². The van der Waals surface area contributed by atoms with Crippen molar-refractivity contribution in [1.29, 1.82) is 5.26 Å². The first-order valence-corrected chi connectivity index (χ1v) is 11.1. The van der Waals surface area contributed by atoms with Crippen molar-refractivity contribution in [3.05, 3.63) is 89.0 Å². The topological polar surface area (TPSA) is 127 Å². The third-order valence-corrected chi connectivity index (χ3v) is 5.11. The first kappa shape index (κ1) is 26.5. The number of benzene rings is 3. The molecule has 0 aliphatic carbocycles. The zero-order valence-corrected chi connectivity index (χ0v) is 20.5. The molecule has 3 aromatic rings. The maximum Gasteiger partial charge on any atom is 0.337 e. The number of nitrogens with one attached hydrogen (secondary N) is 2. The lowest BCUT2D eigenvalue weighted by molar-refractivity contribution is -0.118. The van der Waals surface area contributed by atoms with Crippen LogP contribution in [-0.4, -0.2) is 38.6 Å². The van der Waals surface area contributed by atoms with Crippen LogP contribution >= 0.6 is 0 Å². The molecule has 0 heterocycles. The van der Waals surface area contributed by atoms with Crippen molar-refractivity contribution >= 4 is 35.2 Å². The van der Waals surface area contributed by atoms with Gasteiger partial charge in [-0.15, -0.1) is 0 Å². The number of nitrogens with zero attached hydrogens (tertiary/aromatic N) is 1. The lowest BCUT2D eigenvalue weighted by Crippen LogP contribution is -2.20. The maximum absolute atomic E-state index is 12.7. The van der Waals surface area contributed by atoms with E-state index >= 15 is 0 Å². The number of ether oxygens (including phenoxy) is 3. The molecule has 0 saturated heterocycles. The van der Waals surface area contributed by atoms with Crippen LogP contribution in [0.3, 0.4) is 0 Å². The summed E-state index contributed by atoms with van der Waals surface area (Å²) in [5.41, 5.74) is 2.55. The Morgan fingerprint density at radius 1 is 0.946 bits per heavy atom. The van der Waals surface area contributed by atoms with Gasteiger partial charge in [0.1, 0.15) is 23.1 Å². The lowest BCUT2D eigenvalue weighted by Gasteiger charge is -2.12. The fraction of sp³-hybridized carbons (Fsp3) is 0.143. The fourth-order valence-corrected chi connectivity index (χ4v) is 3.26. The molecule has 188 valence electrons. The quantitative estimate of drug-likeness (QED) is 0.255. The van der Waals surface area contributed by atoms with Gasteiger partial charge in [-0.05, 0) is 67.1 Å². The van der Waals surface area contributed by atoms with Gasteiger partial charge in [-0.1, -0.05) is 12.1 Å². The van der Waals surface area contributed by atoms with Crippen LogP contribution in [-0.2, 0) is 14.3 Å². The standard InChI is InChI=1S/C28H25N3O6/c1-18-5-4-6-23(13-18)30-26(32)17-37-25-15-24(35-2)12-9-20(25)14-21(16-29)27(33)31-22-10-7-19(8-11-22)28(34)36-3/h4-15H,17H2,1-3H3,(H,30,32)(H,31,33)/b21-14+. The second-order valence-corrected chi connectivity index (χ2v) is 7.80. The summed E-state index contributed by atoms with van der Waals surface area (Å²) < 4.78 is 15.6. The highest BCUT2D eigenvalue weighted by Gasteiger charge is 2.14. The normalized spacial score (nSPS) is 10.6. The number of aryl methyl sites for hydroxylation is 1. The molecule has 9 nitrogen and oxygen atoms in total. The molecule has 9 heteroatoms. The Morgan fingerprint density at radius 3 is 2.35 bits per heavy atom. The van der Waals surface area contributed by atoms with Crippen molar-refractivity contribution < 1.29 is 28.6 Å². The Morgan fingerprint density at radius 2 is 1.70 bits per heavy atom. The number of nitriles is 1. The van der Waals surface area contributed by atoms with Crippen LogP contribution in [0, 0.1) is 18.3 Å². The molecule has 0 aromatic heterocycles. The average molecular weight is 500 g/mol. The van der Waals surface area contributed by atoms with E-state index in [1.54, 1.807) is 24.3 Å².